The van der Waals surface area contributed by atoms with Crippen LogP contribution in [0.15, 0.2) is 5.11 Å². The molecule has 1 unspecified atom stereocenters. The topological polar surface area (TPSA) is 152 Å². The van der Waals surface area contributed by atoms with Crippen LogP contribution in [-0.2, 0) is 19.0 Å². The molecule has 0 fully saturated rings. The minimum Gasteiger partial charge on any atom is -0.449 e. The number of azide groups is 1. The normalized spacial score (nSPS) is 11.5. The minimum atomic E-state index is -0.803. The van der Waals surface area contributed by atoms with Gasteiger partial charge in [-0.05, 0) is 39.1 Å². The molecule has 0 aromatic heterocycles. The number of nitrogens with zero attached hydrogens (tertiary/aromatic N) is 3. The monoisotopic (exact) mass is 359 g/mol. The number of amides is 2. The lowest BCUT2D eigenvalue weighted by atomic mass is 10.2. The van der Waals surface area contributed by atoms with Crippen molar-refractivity contribution in [2.45, 2.75) is 51.9 Å². The highest BCUT2D eigenvalue weighted by molar-refractivity contribution is 5.68. The van der Waals surface area contributed by atoms with E-state index < -0.39 is 24.0 Å². The Morgan fingerprint density at radius 3 is 2.60 bits per heavy atom. The van der Waals surface area contributed by atoms with Gasteiger partial charge in [-0.1, -0.05) is 5.11 Å². The largest absolute Gasteiger partial charge is 0.449 e. The molecule has 25 heavy (non-hydrogen) atoms. The quantitative estimate of drug-likeness (QED) is 0.110. The molecule has 2 amide bonds. The van der Waals surface area contributed by atoms with E-state index in [0.29, 0.717) is 25.8 Å². The molecule has 11 heteroatoms. The lowest BCUT2D eigenvalue weighted by Crippen LogP contribution is -2.40. The third-order valence-electron chi connectivity index (χ3n) is 2.55. The Labute approximate surface area is 146 Å². The van der Waals surface area contributed by atoms with Crippen LogP contribution in [0.2, 0.25) is 0 Å². The molecule has 0 saturated heterocycles. The van der Waals surface area contributed by atoms with Crippen molar-refractivity contribution in [2.24, 2.45) is 5.11 Å². The Kier molecular flexibility index (Phi) is 11.3. The molecule has 1 atom stereocenters. The third-order valence-corrected chi connectivity index (χ3v) is 2.55. The van der Waals surface area contributed by atoms with Crippen molar-refractivity contribution in [3.05, 3.63) is 10.4 Å². The molecule has 0 heterocycles. The molecule has 0 aliphatic carbocycles. The first-order chi connectivity index (χ1) is 11.8. The molecular formula is C14H25N5O6. The zero-order valence-corrected chi connectivity index (χ0v) is 14.7. The molecule has 0 radical (unpaired) electrons. The number of alkyl carbamates (subject to hydrolysis) is 2. The Morgan fingerprint density at radius 1 is 1.28 bits per heavy atom. The van der Waals surface area contributed by atoms with Gasteiger partial charge in [0.05, 0.1) is 13.2 Å². The number of hydrogen-bond donors (Lipinski definition) is 2. The standard InChI is InChI=1S/C14H25N5O6/c1-14(2,3)25-13(22)18-11(24-10-20)6-4-5-7-16-12(21)23-9-8-17-19-15/h10-11H,4-9H2,1-3H3,(H,16,21)(H,18,22). The van der Waals surface area contributed by atoms with Gasteiger partial charge in [0.2, 0.25) is 0 Å². The maximum Gasteiger partial charge on any atom is 0.410 e. The third kappa shape index (κ3) is 14.6. The summed E-state index contributed by atoms with van der Waals surface area (Å²) in [4.78, 5) is 35.9. The number of nitrogens with one attached hydrogen (secondary N) is 2. The summed E-state index contributed by atoms with van der Waals surface area (Å²) >= 11 is 0. The van der Waals surface area contributed by atoms with Crippen molar-refractivity contribution in [3.63, 3.8) is 0 Å². The number of hydrogen-bond acceptors (Lipinski definition) is 7. The lowest BCUT2D eigenvalue weighted by Gasteiger charge is -2.22. The Morgan fingerprint density at radius 2 is 2.00 bits per heavy atom. The van der Waals surface area contributed by atoms with Crippen LogP contribution in [0.5, 0.6) is 0 Å². The van der Waals surface area contributed by atoms with Gasteiger partial charge < -0.3 is 19.5 Å². The fraction of sp³-hybridized carbons (Fsp3) is 0.786. The second-order valence-electron chi connectivity index (χ2n) is 5.88. The van der Waals surface area contributed by atoms with Gasteiger partial charge in [0.15, 0.2) is 6.23 Å². The highest BCUT2D eigenvalue weighted by Gasteiger charge is 2.19. The zero-order valence-electron chi connectivity index (χ0n) is 14.7. The van der Waals surface area contributed by atoms with Crippen LogP contribution in [0.4, 0.5) is 9.59 Å². The SMILES string of the molecule is CC(C)(C)OC(=O)NC(CCCCNC(=O)OCCN=[N+]=[N-])OC=O. The highest BCUT2D eigenvalue weighted by Crippen LogP contribution is 2.08. The fourth-order valence-electron chi connectivity index (χ4n) is 1.60. The molecule has 0 aliphatic rings. The van der Waals surface area contributed by atoms with Crippen molar-refractivity contribution >= 4 is 18.7 Å². The van der Waals surface area contributed by atoms with Crippen LogP contribution in [0.3, 0.4) is 0 Å². The molecule has 142 valence electrons. The Bertz CT molecular complexity index is 473. The van der Waals surface area contributed by atoms with E-state index in [9.17, 15) is 14.4 Å². The minimum absolute atomic E-state index is 0.00491. The lowest BCUT2D eigenvalue weighted by molar-refractivity contribution is -0.135. The van der Waals surface area contributed by atoms with E-state index in [-0.39, 0.29) is 19.6 Å². The fourth-order valence-corrected chi connectivity index (χ4v) is 1.60. The second-order valence-corrected chi connectivity index (χ2v) is 5.88. The van der Waals surface area contributed by atoms with Crippen molar-refractivity contribution < 1.29 is 28.6 Å². The molecule has 0 saturated carbocycles. The van der Waals surface area contributed by atoms with E-state index >= 15 is 0 Å². The van der Waals surface area contributed by atoms with Gasteiger partial charge >= 0.3 is 12.2 Å². The van der Waals surface area contributed by atoms with E-state index in [0.717, 1.165) is 0 Å². The van der Waals surface area contributed by atoms with Gasteiger partial charge in [-0.2, -0.15) is 0 Å². The molecule has 0 aromatic carbocycles. The van der Waals surface area contributed by atoms with Crippen LogP contribution in [-0.4, -0.2) is 50.2 Å². The molecule has 0 aromatic rings. The van der Waals surface area contributed by atoms with Gasteiger partial charge in [0, 0.05) is 17.9 Å². The van der Waals surface area contributed by atoms with E-state index in [1.807, 2.05) is 0 Å². The van der Waals surface area contributed by atoms with Crippen molar-refractivity contribution in [3.8, 4) is 0 Å². The zero-order chi connectivity index (χ0) is 19.1. The summed E-state index contributed by atoms with van der Waals surface area (Å²) in [6, 6.07) is 0. The maximum atomic E-state index is 11.6. The van der Waals surface area contributed by atoms with Crippen LogP contribution >= 0.6 is 0 Å². The number of unbranched alkanes of at least 4 members (excludes halogenated alkanes) is 1. The number of rotatable bonds is 11. The van der Waals surface area contributed by atoms with Crippen LogP contribution in [0.25, 0.3) is 10.4 Å². The first-order valence-corrected chi connectivity index (χ1v) is 7.78. The van der Waals surface area contributed by atoms with E-state index in [1.54, 1.807) is 20.8 Å². The first kappa shape index (κ1) is 22.3. The summed E-state index contributed by atoms with van der Waals surface area (Å²) < 4.78 is 14.6. The second kappa shape index (κ2) is 12.7. The van der Waals surface area contributed by atoms with E-state index in [1.165, 1.54) is 0 Å². The predicted molar refractivity (Wildman–Crippen MR) is 87.5 cm³/mol. The van der Waals surface area contributed by atoms with Crippen molar-refractivity contribution in [1.82, 2.24) is 10.6 Å². The summed E-state index contributed by atoms with van der Waals surface area (Å²) in [5.74, 6) is 0. The van der Waals surface area contributed by atoms with E-state index in [4.69, 9.17) is 19.7 Å². The predicted octanol–water partition coefficient (Wildman–Crippen LogP) is 2.22. The maximum absolute atomic E-state index is 11.6. The molecule has 11 nitrogen and oxygen atoms in total. The van der Waals surface area contributed by atoms with Crippen molar-refractivity contribution in [1.29, 1.82) is 0 Å². The molecular weight excluding hydrogens is 334 g/mol. The smallest absolute Gasteiger partial charge is 0.410 e. The summed E-state index contributed by atoms with van der Waals surface area (Å²) in [6.45, 7) is 5.84. The molecule has 0 rings (SSSR count). The number of ether oxygens (including phenoxy) is 3. The Hall–Kier alpha value is -2.68. The highest BCUT2D eigenvalue weighted by atomic mass is 16.6. The average molecular weight is 359 g/mol. The number of carbonyl (C=O) groups excluding carboxylic acids is 3. The Balaban J connectivity index is 3.92. The first-order valence-electron chi connectivity index (χ1n) is 7.78. The van der Waals surface area contributed by atoms with Crippen molar-refractivity contribution in [2.75, 3.05) is 19.7 Å². The molecule has 2 N–H and O–H groups in total. The van der Waals surface area contributed by atoms with Gasteiger partial charge in [0.1, 0.15) is 5.60 Å². The number of carbonyl (C=O) groups is 3. The molecule has 0 bridgehead atoms. The van der Waals surface area contributed by atoms with Crippen LogP contribution in [0, 0.1) is 0 Å². The summed E-state index contributed by atoms with van der Waals surface area (Å²) in [5.41, 5.74) is 7.41. The van der Waals surface area contributed by atoms with Gasteiger partial charge in [-0.15, -0.1) is 0 Å². The van der Waals surface area contributed by atoms with Crippen LogP contribution < -0.4 is 10.6 Å². The average Bonchev–Trinajstić information content (AvgIpc) is 2.49. The van der Waals surface area contributed by atoms with Gasteiger partial charge in [-0.25, -0.2) is 9.59 Å². The summed E-state index contributed by atoms with van der Waals surface area (Å²) in [5, 5.41) is 8.19. The summed E-state index contributed by atoms with van der Waals surface area (Å²) in [7, 11) is 0. The molecule has 0 spiro atoms. The van der Waals surface area contributed by atoms with Gasteiger partial charge in [0.25, 0.3) is 6.47 Å². The van der Waals surface area contributed by atoms with E-state index in [2.05, 4.69) is 20.7 Å². The van der Waals surface area contributed by atoms with Crippen LogP contribution in [0.1, 0.15) is 40.0 Å². The summed E-state index contributed by atoms with van der Waals surface area (Å²) in [6.07, 6.45) is -0.566. The molecule has 0 aliphatic heterocycles. The van der Waals surface area contributed by atoms with Gasteiger partial charge in [-0.3, -0.25) is 10.1 Å².